The number of nitrogens with two attached hydrogens (primary N) is 1. The van der Waals surface area contributed by atoms with Crippen LogP contribution in [0.2, 0.25) is 0 Å². The van der Waals surface area contributed by atoms with Gasteiger partial charge in [0.25, 0.3) is 0 Å². The van der Waals surface area contributed by atoms with Crippen molar-refractivity contribution in [3.63, 3.8) is 0 Å². The van der Waals surface area contributed by atoms with Crippen molar-refractivity contribution < 1.29 is 4.39 Å². The summed E-state index contributed by atoms with van der Waals surface area (Å²) in [5, 5.41) is 0. The predicted octanol–water partition coefficient (Wildman–Crippen LogP) is 2.80. The highest BCUT2D eigenvalue weighted by Crippen LogP contribution is 2.20. The normalized spacial score (nSPS) is 12.9. The highest BCUT2D eigenvalue weighted by atomic mass is 19.1. The van der Waals surface area contributed by atoms with Crippen molar-refractivity contribution in [3.8, 4) is 0 Å². The maximum absolute atomic E-state index is 12.9. The number of halogens is 1. The lowest BCUT2D eigenvalue weighted by molar-refractivity contribution is 0.614. The van der Waals surface area contributed by atoms with Crippen LogP contribution in [0.3, 0.4) is 0 Å². The smallest absolute Gasteiger partial charge is 0.123 e. The third kappa shape index (κ3) is 2.28. The van der Waals surface area contributed by atoms with Gasteiger partial charge in [0.1, 0.15) is 5.82 Å². The summed E-state index contributed by atoms with van der Waals surface area (Å²) in [4.78, 5) is 0. The Morgan fingerprint density at radius 2 is 2.08 bits per heavy atom. The van der Waals surface area contributed by atoms with Crippen LogP contribution in [0.4, 0.5) is 4.39 Å². The summed E-state index contributed by atoms with van der Waals surface area (Å²) in [7, 11) is 0. The number of benzene rings is 1. The molecular formula is C11H16FN. The van der Waals surface area contributed by atoms with Gasteiger partial charge in [-0.2, -0.15) is 0 Å². The Kier molecular flexibility index (Phi) is 3.43. The van der Waals surface area contributed by atoms with Gasteiger partial charge in [-0.05, 0) is 36.1 Å². The van der Waals surface area contributed by atoms with Gasteiger partial charge in [-0.1, -0.05) is 19.9 Å². The summed E-state index contributed by atoms with van der Waals surface area (Å²) < 4.78 is 12.9. The second-order valence-corrected chi connectivity index (χ2v) is 3.21. The second kappa shape index (κ2) is 4.38. The van der Waals surface area contributed by atoms with E-state index in [9.17, 15) is 4.39 Å². The molecule has 1 aromatic rings. The Balaban J connectivity index is 3.07. The summed E-state index contributed by atoms with van der Waals surface area (Å²) in [5.74, 6) is -0.198. The zero-order valence-electron chi connectivity index (χ0n) is 8.18. The van der Waals surface area contributed by atoms with Crippen LogP contribution in [0.15, 0.2) is 18.2 Å². The van der Waals surface area contributed by atoms with E-state index in [4.69, 9.17) is 5.73 Å². The van der Waals surface area contributed by atoms with Gasteiger partial charge < -0.3 is 5.73 Å². The van der Waals surface area contributed by atoms with Crippen molar-refractivity contribution in [3.05, 3.63) is 35.1 Å². The zero-order valence-corrected chi connectivity index (χ0v) is 8.18. The predicted molar refractivity (Wildman–Crippen MR) is 53.0 cm³/mol. The fourth-order valence-corrected chi connectivity index (χ4v) is 1.45. The summed E-state index contributed by atoms with van der Waals surface area (Å²) in [6.07, 6.45) is 1.75. The molecule has 1 nitrogen and oxygen atoms in total. The Hall–Kier alpha value is -0.890. The topological polar surface area (TPSA) is 26.0 Å². The van der Waals surface area contributed by atoms with Gasteiger partial charge in [0, 0.05) is 6.04 Å². The van der Waals surface area contributed by atoms with Crippen LogP contribution in [-0.4, -0.2) is 0 Å². The molecule has 0 spiro atoms. The highest BCUT2D eigenvalue weighted by molar-refractivity contribution is 5.30. The lowest BCUT2D eigenvalue weighted by Gasteiger charge is -2.13. The molecule has 2 heteroatoms. The zero-order chi connectivity index (χ0) is 9.84. The molecule has 0 radical (unpaired) electrons. The summed E-state index contributed by atoms with van der Waals surface area (Å²) >= 11 is 0. The van der Waals surface area contributed by atoms with Gasteiger partial charge in [0.05, 0.1) is 0 Å². The first-order chi connectivity index (χ1) is 6.19. The minimum Gasteiger partial charge on any atom is -0.324 e. The van der Waals surface area contributed by atoms with E-state index >= 15 is 0 Å². The first-order valence-electron chi connectivity index (χ1n) is 4.73. The van der Waals surface area contributed by atoms with Crippen molar-refractivity contribution in [1.29, 1.82) is 0 Å². The van der Waals surface area contributed by atoms with Gasteiger partial charge in [0.2, 0.25) is 0 Å². The molecule has 13 heavy (non-hydrogen) atoms. The van der Waals surface area contributed by atoms with Crippen LogP contribution < -0.4 is 5.73 Å². The molecule has 0 bridgehead atoms. The minimum absolute atomic E-state index is 0.0364. The molecule has 1 atom stereocenters. The Labute approximate surface area is 78.8 Å². The van der Waals surface area contributed by atoms with E-state index in [1.165, 1.54) is 6.07 Å². The average molecular weight is 181 g/mol. The van der Waals surface area contributed by atoms with Gasteiger partial charge in [0.15, 0.2) is 0 Å². The van der Waals surface area contributed by atoms with E-state index in [-0.39, 0.29) is 11.9 Å². The van der Waals surface area contributed by atoms with E-state index in [0.29, 0.717) is 0 Å². The Bertz CT molecular complexity index is 283. The van der Waals surface area contributed by atoms with E-state index < -0.39 is 0 Å². The number of hydrogen-bond acceptors (Lipinski definition) is 1. The fourth-order valence-electron chi connectivity index (χ4n) is 1.45. The lowest BCUT2D eigenvalue weighted by atomic mass is 9.97. The summed E-state index contributed by atoms with van der Waals surface area (Å²) in [6.45, 7) is 4.06. The second-order valence-electron chi connectivity index (χ2n) is 3.21. The third-order valence-corrected chi connectivity index (χ3v) is 2.33. The van der Waals surface area contributed by atoms with Crippen molar-refractivity contribution in [1.82, 2.24) is 0 Å². The molecule has 1 aromatic carbocycles. The quantitative estimate of drug-likeness (QED) is 0.762. The molecule has 1 unspecified atom stereocenters. The van der Waals surface area contributed by atoms with Gasteiger partial charge in [-0.25, -0.2) is 4.39 Å². The Morgan fingerprint density at radius 1 is 1.38 bits per heavy atom. The SMILES string of the molecule is CCc1ccc(F)cc1C(N)CC. The largest absolute Gasteiger partial charge is 0.324 e. The molecule has 0 saturated carbocycles. The average Bonchev–Trinajstić information content (AvgIpc) is 2.16. The molecule has 0 heterocycles. The number of hydrogen-bond donors (Lipinski definition) is 1. The van der Waals surface area contributed by atoms with Gasteiger partial charge in [-0.15, -0.1) is 0 Å². The molecule has 0 amide bonds. The maximum Gasteiger partial charge on any atom is 0.123 e. The summed E-state index contributed by atoms with van der Waals surface area (Å²) in [5.41, 5.74) is 7.97. The van der Waals surface area contributed by atoms with Crippen molar-refractivity contribution in [2.24, 2.45) is 5.73 Å². The van der Waals surface area contributed by atoms with Crippen LogP contribution in [0.5, 0.6) is 0 Å². The van der Waals surface area contributed by atoms with Gasteiger partial charge in [-0.3, -0.25) is 0 Å². The van der Waals surface area contributed by atoms with Crippen molar-refractivity contribution in [2.45, 2.75) is 32.7 Å². The lowest BCUT2D eigenvalue weighted by Crippen LogP contribution is -2.11. The molecule has 0 aromatic heterocycles. The van der Waals surface area contributed by atoms with Gasteiger partial charge >= 0.3 is 0 Å². The molecule has 72 valence electrons. The molecule has 0 aliphatic rings. The molecule has 0 aliphatic heterocycles. The van der Waals surface area contributed by atoms with E-state index in [2.05, 4.69) is 6.92 Å². The molecule has 0 fully saturated rings. The van der Waals surface area contributed by atoms with E-state index in [1.807, 2.05) is 13.0 Å². The van der Waals surface area contributed by atoms with Crippen molar-refractivity contribution >= 4 is 0 Å². The highest BCUT2D eigenvalue weighted by Gasteiger charge is 2.08. The Morgan fingerprint density at radius 3 is 2.62 bits per heavy atom. The van der Waals surface area contributed by atoms with Crippen LogP contribution in [-0.2, 0) is 6.42 Å². The number of rotatable bonds is 3. The van der Waals surface area contributed by atoms with Crippen LogP contribution >= 0.6 is 0 Å². The molecule has 2 N–H and O–H groups in total. The first kappa shape index (κ1) is 10.2. The fraction of sp³-hybridized carbons (Fsp3) is 0.455. The molecule has 0 saturated heterocycles. The van der Waals surface area contributed by atoms with Crippen molar-refractivity contribution in [2.75, 3.05) is 0 Å². The van der Waals surface area contributed by atoms with Crippen LogP contribution in [0.25, 0.3) is 0 Å². The summed E-state index contributed by atoms with van der Waals surface area (Å²) in [6, 6.07) is 4.82. The van der Waals surface area contributed by atoms with Crippen LogP contribution in [0.1, 0.15) is 37.4 Å². The molecular weight excluding hydrogens is 165 g/mol. The number of aryl methyl sites for hydroxylation is 1. The molecule has 1 rings (SSSR count). The van der Waals surface area contributed by atoms with E-state index in [0.717, 1.165) is 24.0 Å². The van der Waals surface area contributed by atoms with E-state index in [1.54, 1.807) is 6.07 Å². The first-order valence-corrected chi connectivity index (χ1v) is 4.73. The van der Waals surface area contributed by atoms with Crippen LogP contribution in [0, 0.1) is 5.82 Å². The monoisotopic (exact) mass is 181 g/mol. The molecule has 0 aliphatic carbocycles. The minimum atomic E-state index is -0.198. The third-order valence-electron chi connectivity index (χ3n) is 2.33. The standard InChI is InChI=1S/C11H16FN/c1-3-8-5-6-9(12)7-10(8)11(13)4-2/h5-7,11H,3-4,13H2,1-2H3. The maximum atomic E-state index is 12.9.